The minimum atomic E-state index is -4.84. The minimum absolute atomic E-state index is 0.142. The molecule has 1 aromatic rings. The maximum absolute atomic E-state index is 13.4. The molecular formula is C13H13F4NO3. The van der Waals surface area contributed by atoms with Crippen LogP contribution >= 0.6 is 0 Å². The van der Waals surface area contributed by atoms with Gasteiger partial charge in [-0.05, 0) is 18.2 Å². The maximum Gasteiger partial charge on any atom is 0.419 e. The molecule has 0 aliphatic carbocycles. The van der Waals surface area contributed by atoms with Crippen LogP contribution in [-0.4, -0.2) is 35.5 Å². The molecule has 0 heterocycles. The molecule has 0 aromatic heterocycles. The number of amides is 1. The summed E-state index contributed by atoms with van der Waals surface area (Å²) in [7, 11) is 1.29. The molecule has 0 spiro atoms. The molecule has 116 valence electrons. The topological polar surface area (TPSA) is 57.6 Å². The SMILES string of the molecule is CC(CN(C)C(=O)c1ccc(C(F)(F)F)c(F)c1)C(=O)O. The van der Waals surface area contributed by atoms with Gasteiger partial charge in [-0.1, -0.05) is 6.92 Å². The van der Waals surface area contributed by atoms with Gasteiger partial charge in [-0.25, -0.2) is 4.39 Å². The van der Waals surface area contributed by atoms with Gasteiger partial charge in [0.15, 0.2) is 0 Å². The van der Waals surface area contributed by atoms with Crippen LogP contribution in [0.1, 0.15) is 22.8 Å². The van der Waals surface area contributed by atoms with Gasteiger partial charge in [0.2, 0.25) is 0 Å². The molecule has 8 heteroatoms. The highest BCUT2D eigenvalue weighted by Crippen LogP contribution is 2.31. The van der Waals surface area contributed by atoms with E-state index in [1.165, 1.54) is 14.0 Å². The van der Waals surface area contributed by atoms with Crippen molar-refractivity contribution in [2.45, 2.75) is 13.1 Å². The number of carbonyl (C=O) groups is 2. The van der Waals surface area contributed by atoms with E-state index in [1.54, 1.807) is 0 Å². The van der Waals surface area contributed by atoms with E-state index < -0.39 is 35.4 Å². The van der Waals surface area contributed by atoms with Crippen LogP contribution in [0.2, 0.25) is 0 Å². The fourth-order valence-corrected chi connectivity index (χ4v) is 1.67. The van der Waals surface area contributed by atoms with Gasteiger partial charge in [0.1, 0.15) is 5.82 Å². The molecule has 0 radical (unpaired) electrons. The third-order valence-electron chi connectivity index (χ3n) is 2.84. The van der Waals surface area contributed by atoms with Gasteiger partial charge in [-0.15, -0.1) is 0 Å². The summed E-state index contributed by atoms with van der Waals surface area (Å²) in [6.07, 6.45) is -4.84. The van der Waals surface area contributed by atoms with Crippen LogP contribution in [0, 0.1) is 11.7 Å². The molecule has 21 heavy (non-hydrogen) atoms. The van der Waals surface area contributed by atoms with E-state index >= 15 is 0 Å². The highest BCUT2D eigenvalue weighted by Gasteiger charge is 2.34. The number of carbonyl (C=O) groups excluding carboxylic acids is 1. The molecule has 1 amide bonds. The Morgan fingerprint density at radius 2 is 1.90 bits per heavy atom. The zero-order chi connectivity index (χ0) is 16.4. The number of nitrogens with zero attached hydrogens (tertiary/aromatic N) is 1. The number of hydrogen-bond donors (Lipinski definition) is 1. The first kappa shape index (κ1) is 16.9. The summed E-state index contributed by atoms with van der Waals surface area (Å²) in [5.74, 6) is -4.27. The third kappa shape index (κ3) is 4.17. The van der Waals surface area contributed by atoms with Crippen molar-refractivity contribution in [2.24, 2.45) is 5.92 Å². The van der Waals surface area contributed by atoms with E-state index in [2.05, 4.69) is 0 Å². The summed E-state index contributed by atoms with van der Waals surface area (Å²) in [5.41, 5.74) is -1.74. The molecular weight excluding hydrogens is 294 g/mol. The summed E-state index contributed by atoms with van der Waals surface area (Å²) in [6, 6.07) is 1.83. The molecule has 0 bridgehead atoms. The summed E-state index contributed by atoms with van der Waals surface area (Å²) in [6.45, 7) is 1.23. The third-order valence-corrected chi connectivity index (χ3v) is 2.84. The van der Waals surface area contributed by atoms with E-state index in [1.807, 2.05) is 0 Å². The van der Waals surface area contributed by atoms with Crippen molar-refractivity contribution >= 4 is 11.9 Å². The van der Waals surface area contributed by atoms with Crippen molar-refractivity contribution in [2.75, 3.05) is 13.6 Å². The van der Waals surface area contributed by atoms with Crippen LogP contribution in [0.15, 0.2) is 18.2 Å². The first-order valence-electron chi connectivity index (χ1n) is 5.89. The number of carboxylic acids is 1. The largest absolute Gasteiger partial charge is 0.481 e. The number of benzene rings is 1. The second-order valence-corrected chi connectivity index (χ2v) is 4.62. The van der Waals surface area contributed by atoms with Gasteiger partial charge in [-0.2, -0.15) is 13.2 Å². The number of aliphatic carboxylic acids is 1. The van der Waals surface area contributed by atoms with E-state index in [-0.39, 0.29) is 12.1 Å². The molecule has 0 saturated heterocycles. The number of halogens is 4. The molecule has 1 atom stereocenters. The minimum Gasteiger partial charge on any atom is -0.481 e. The Hall–Kier alpha value is -2.12. The van der Waals surface area contributed by atoms with Crippen LogP contribution in [0.25, 0.3) is 0 Å². The monoisotopic (exact) mass is 307 g/mol. The first-order valence-corrected chi connectivity index (χ1v) is 5.89. The van der Waals surface area contributed by atoms with Gasteiger partial charge in [0.05, 0.1) is 11.5 Å². The molecule has 0 fully saturated rings. The number of hydrogen-bond acceptors (Lipinski definition) is 2. The Bertz CT molecular complexity index is 557. The average molecular weight is 307 g/mol. The molecule has 0 aliphatic rings. The van der Waals surface area contributed by atoms with E-state index in [0.717, 1.165) is 11.0 Å². The Morgan fingerprint density at radius 3 is 2.33 bits per heavy atom. The molecule has 0 saturated carbocycles. The lowest BCUT2D eigenvalue weighted by Gasteiger charge is -2.20. The molecule has 1 unspecified atom stereocenters. The van der Waals surface area contributed by atoms with Crippen LogP contribution in [0.4, 0.5) is 17.6 Å². The molecule has 1 rings (SSSR count). The van der Waals surface area contributed by atoms with Crippen LogP contribution in [0.5, 0.6) is 0 Å². The van der Waals surface area contributed by atoms with Gasteiger partial charge in [-0.3, -0.25) is 9.59 Å². The second-order valence-electron chi connectivity index (χ2n) is 4.62. The molecule has 1 N–H and O–H groups in total. The summed E-state index contributed by atoms with van der Waals surface area (Å²) in [4.78, 5) is 23.6. The number of carboxylic acid groups (broad SMARTS) is 1. The highest BCUT2D eigenvalue weighted by atomic mass is 19.4. The average Bonchev–Trinajstić information content (AvgIpc) is 2.35. The Kier molecular flexibility index (Phi) is 4.93. The normalized spacial score (nSPS) is 12.9. The van der Waals surface area contributed by atoms with Crippen molar-refractivity contribution in [1.29, 1.82) is 0 Å². The standard InChI is InChI=1S/C13H13F4NO3/c1-7(12(20)21)6-18(2)11(19)8-3-4-9(10(14)5-8)13(15,16)17/h3-5,7H,6H2,1-2H3,(H,20,21). The smallest absolute Gasteiger partial charge is 0.419 e. The van der Waals surface area contributed by atoms with Crippen molar-refractivity contribution < 1.29 is 32.3 Å². The summed E-state index contributed by atoms with van der Waals surface area (Å²) in [5, 5.41) is 8.73. The Balaban J connectivity index is 2.94. The molecule has 4 nitrogen and oxygen atoms in total. The van der Waals surface area contributed by atoms with E-state index in [9.17, 15) is 27.2 Å². The fraction of sp³-hybridized carbons (Fsp3) is 0.385. The van der Waals surface area contributed by atoms with Crippen molar-refractivity contribution in [1.82, 2.24) is 4.90 Å². The van der Waals surface area contributed by atoms with Crippen molar-refractivity contribution in [3.05, 3.63) is 35.1 Å². The van der Waals surface area contributed by atoms with Crippen LogP contribution in [0.3, 0.4) is 0 Å². The lowest BCUT2D eigenvalue weighted by molar-refractivity contribution is -0.141. The van der Waals surface area contributed by atoms with Gasteiger partial charge < -0.3 is 10.0 Å². The predicted octanol–water partition coefficient (Wildman–Crippen LogP) is 2.64. The predicted molar refractivity (Wildman–Crippen MR) is 65.2 cm³/mol. The second kappa shape index (κ2) is 6.11. The number of rotatable bonds is 4. The van der Waals surface area contributed by atoms with E-state index in [4.69, 9.17) is 5.11 Å². The number of alkyl halides is 3. The maximum atomic E-state index is 13.4. The lowest BCUT2D eigenvalue weighted by Crippen LogP contribution is -2.33. The fourth-order valence-electron chi connectivity index (χ4n) is 1.67. The van der Waals surface area contributed by atoms with Crippen LogP contribution < -0.4 is 0 Å². The molecule has 0 aliphatic heterocycles. The van der Waals surface area contributed by atoms with Crippen molar-refractivity contribution in [3.8, 4) is 0 Å². The zero-order valence-electron chi connectivity index (χ0n) is 11.2. The summed E-state index contributed by atoms with van der Waals surface area (Å²) >= 11 is 0. The summed E-state index contributed by atoms with van der Waals surface area (Å²) < 4.78 is 50.6. The van der Waals surface area contributed by atoms with Crippen molar-refractivity contribution in [3.63, 3.8) is 0 Å². The Labute approximate surface area is 118 Å². The quantitative estimate of drug-likeness (QED) is 0.870. The zero-order valence-corrected chi connectivity index (χ0v) is 11.2. The van der Waals surface area contributed by atoms with Crippen LogP contribution in [-0.2, 0) is 11.0 Å². The first-order chi connectivity index (χ1) is 9.54. The lowest BCUT2D eigenvalue weighted by atomic mass is 10.1. The van der Waals surface area contributed by atoms with Gasteiger partial charge in [0, 0.05) is 19.2 Å². The van der Waals surface area contributed by atoms with Gasteiger partial charge in [0.25, 0.3) is 5.91 Å². The highest BCUT2D eigenvalue weighted by molar-refractivity contribution is 5.94. The van der Waals surface area contributed by atoms with Gasteiger partial charge >= 0.3 is 12.1 Å². The molecule has 1 aromatic carbocycles. The van der Waals surface area contributed by atoms with E-state index in [0.29, 0.717) is 12.1 Å². The Morgan fingerprint density at radius 1 is 1.33 bits per heavy atom.